The van der Waals surface area contributed by atoms with Gasteiger partial charge in [-0.25, -0.2) is 0 Å². The zero-order valence-electron chi connectivity index (χ0n) is 27.8. The predicted octanol–water partition coefficient (Wildman–Crippen LogP) is 12.0. The predicted molar refractivity (Wildman–Crippen MR) is 206 cm³/mol. The van der Waals surface area contributed by atoms with Gasteiger partial charge in [0.2, 0.25) is 0 Å². The highest BCUT2D eigenvalue weighted by atomic mass is 16.5. The molecule has 250 valence electrons. The smallest absolute Gasteiger partial charge is 0.141 e. The molecule has 2 heterocycles. The lowest BCUT2D eigenvalue weighted by atomic mass is 9.92. The molecule has 2 aromatic heterocycles. The number of benzene rings is 8. The number of aliphatic hydroxyl groups excluding tert-OH is 2. The van der Waals surface area contributed by atoms with Crippen molar-refractivity contribution in [2.24, 2.45) is 0 Å². The third kappa shape index (κ3) is 4.81. The van der Waals surface area contributed by atoms with Crippen LogP contribution in [-0.4, -0.2) is 10.2 Å². The Bertz CT molecular complexity index is 2800. The number of furan rings is 2. The molecule has 10 rings (SSSR count). The third-order valence-corrected chi connectivity index (χ3v) is 9.89. The molecule has 0 aliphatic carbocycles. The number of hydrogen-bond acceptors (Lipinski definition) is 6. The van der Waals surface area contributed by atoms with E-state index in [2.05, 4.69) is 36.4 Å². The molecule has 52 heavy (non-hydrogen) atoms. The van der Waals surface area contributed by atoms with Gasteiger partial charge in [0.1, 0.15) is 45.3 Å². The summed E-state index contributed by atoms with van der Waals surface area (Å²) in [4.78, 5) is 0. The molecule has 2 N–H and O–H groups in total. The molecular formula is C46H30O6. The fraction of sp³-hybridized carbons (Fsp3) is 0.0435. The summed E-state index contributed by atoms with van der Waals surface area (Å²) in [5, 5.41) is 28.5. The van der Waals surface area contributed by atoms with Gasteiger partial charge in [0, 0.05) is 43.8 Å². The van der Waals surface area contributed by atoms with Crippen LogP contribution < -0.4 is 9.47 Å². The van der Waals surface area contributed by atoms with E-state index in [-0.39, 0.29) is 13.2 Å². The van der Waals surface area contributed by atoms with Crippen LogP contribution in [0.25, 0.3) is 76.5 Å². The number of fused-ring (bicyclic) bond motifs is 8. The molecule has 0 aliphatic rings. The van der Waals surface area contributed by atoms with Crippen LogP contribution in [0, 0.1) is 0 Å². The molecule has 6 heteroatoms. The molecule has 0 aliphatic heterocycles. The molecule has 0 atom stereocenters. The maximum Gasteiger partial charge on any atom is 0.141 e. The summed E-state index contributed by atoms with van der Waals surface area (Å²) in [5.41, 5.74) is 5.80. The molecule has 0 bridgehead atoms. The number of ether oxygens (including phenoxy) is 2. The van der Waals surface area contributed by atoms with Gasteiger partial charge in [0.25, 0.3) is 0 Å². The van der Waals surface area contributed by atoms with E-state index in [1.807, 2.05) is 109 Å². The first-order valence-electron chi connectivity index (χ1n) is 17.2. The Morgan fingerprint density at radius 3 is 1.25 bits per heavy atom. The second kappa shape index (κ2) is 12.0. The van der Waals surface area contributed by atoms with Gasteiger partial charge in [-0.2, -0.15) is 0 Å². The van der Waals surface area contributed by atoms with Crippen LogP contribution in [-0.2, 0) is 13.2 Å². The first-order valence-corrected chi connectivity index (χ1v) is 17.2. The Labute approximate surface area is 297 Å². The maximum absolute atomic E-state index is 10.4. The van der Waals surface area contributed by atoms with Crippen molar-refractivity contribution in [1.82, 2.24) is 0 Å². The molecule has 0 saturated carbocycles. The Morgan fingerprint density at radius 2 is 0.808 bits per heavy atom. The summed E-state index contributed by atoms with van der Waals surface area (Å²) in [6.07, 6.45) is 0. The van der Waals surface area contributed by atoms with Crippen LogP contribution >= 0.6 is 0 Å². The van der Waals surface area contributed by atoms with Crippen molar-refractivity contribution in [3.05, 3.63) is 157 Å². The number of para-hydroxylation sites is 2. The Morgan fingerprint density at radius 1 is 0.404 bits per heavy atom. The Balaban J connectivity index is 1.20. The van der Waals surface area contributed by atoms with E-state index in [1.165, 1.54) is 0 Å². The van der Waals surface area contributed by atoms with Gasteiger partial charge < -0.3 is 28.5 Å². The average Bonchev–Trinajstić information content (AvgIpc) is 3.76. The summed E-state index contributed by atoms with van der Waals surface area (Å²) < 4.78 is 26.1. The van der Waals surface area contributed by atoms with Gasteiger partial charge in [0.15, 0.2) is 0 Å². The van der Waals surface area contributed by atoms with E-state index in [0.717, 1.165) is 65.4 Å². The topological polar surface area (TPSA) is 85.2 Å². The Kier molecular flexibility index (Phi) is 6.99. The molecule has 0 amide bonds. The highest BCUT2D eigenvalue weighted by molar-refractivity contribution is 6.11. The molecule has 0 radical (unpaired) electrons. The maximum atomic E-state index is 10.4. The van der Waals surface area contributed by atoms with Gasteiger partial charge in [0.05, 0.1) is 13.2 Å². The zero-order valence-corrected chi connectivity index (χ0v) is 27.8. The number of hydrogen-bond donors (Lipinski definition) is 2. The number of rotatable bonds is 7. The van der Waals surface area contributed by atoms with Gasteiger partial charge in [-0.05, 0) is 70.1 Å². The van der Waals surface area contributed by atoms with Gasteiger partial charge >= 0.3 is 0 Å². The Hall–Kier alpha value is -6.60. The highest BCUT2D eigenvalue weighted by Crippen LogP contribution is 2.48. The lowest BCUT2D eigenvalue weighted by Gasteiger charge is -2.20. The van der Waals surface area contributed by atoms with Crippen molar-refractivity contribution in [2.45, 2.75) is 13.2 Å². The van der Waals surface area contributed by atoms with Gasteiger partial charge in [-0.1, -0.05) is 97.1 Å². The van der Waals surface area contributed by atoms with Gasteiger partial charge in [-0.3, -0.25) is 0 Å². The van der Waals surface area contributed by atoms with E-state index in [4.69, 9.17) is 18.3 Å². The lowest BCUT2D eigenvalue weighted by molar-refractivity contribution is 0.281. The minimum atomic E-state index is -0.203. The standard InChI is InChI=1S/C46H30O6/c47-25-29-21-31(23-37-35-13-5-7-15-39(35)51-45(29)37)49-41-19-17-27-9-1-3-11-33(27)43(41)44-34-12-4-2-10-28(34)18-20-42(44)50-32-22-30(26-48)46-38(24-32)36-14-6-8-16-40(36)52-46/h1-24,47-48H,25-26H2. The summed E-state index contributed by atoms with van der Waals surface area (Å²) in [5.74, 6) is 2.41. The molecule has 0 unspecified atom stereocenters. The molecule has 0 saturated heterocycles. The second-order valence-electron chi connectivity index (χ2n) is 13.0. The van der Waals surface area contributed by atoms with Crippen LogP contribution in [0.1, 0.15) is 11.1 Å². The van der Waals surface area contributed by atoms with Crippen molar-refractivity contribution in [3.8, 4) is 34.1 Å². The molecule has 0 spiro atoms. The van der Waals surface area contributed by atoms with Crippen molar-refractivity contribution < 1.29 is 28.5 Å². The zero-order chi connectivity index (χ0) is 34.8. The fourth-order valence-corrected chi connectivity index (χ4v) is 7.53. The van der Waals surface area contributed by atoms with E-state index < -0.39 is 0 Å². The van der Waals surface area contributed by atoms with E-state index >= 15 is 0 Å². The average molecular weight is 679 g/mol. The monoisotopic (exact) mass is 678 g/mol. The van der Waals surface area contributed by atoms with E-state index in [1.54, 1.807) is 0 Å². The lowest BCUT2D eigenvalue weighted by Crippen LogP contribution is -1.96. The molecule has 8 aromatic carbocycles. The molecule has 10 aromatic rings. The molecular weight excluding hydrogens is 649 g/mol. The normalized spacial score (nSPS) is 11.8. The first-order chi connectivity index (χ1) is 25.7. The quantitative estimate of drug-likeness (QED) is 0.174. The van der Waals surface area contributed by atoms with Crippen LogP contribution in [0.2, 0.25) is 0 Å². The van der Waals surface area contributed by atoms with Crippen molar-refractivity contribution >= 4 is 65.4 Å². The van der Waals surface area contributed by atoms with Crippen LogP contribution in [0.4, 0.5) is 0 Å². The van der Waals surface area contributed by atoms with E-state index in [0.29, 0.717) is 45.3 Å². The summed E-state index contributed by atoms with van der Waals surface area (Å²) in [7, 11) is 0. The minimum absolute atomic E-state index is 0.203. The summed E-state index contributed by atoms with van der Waals surface area (Å²) in [6.45, 7) is -0.406. The van der Waals surface area contributed by atoms with Crippen LogP contribution in [0.5, 0.6) is 23.0 Å². The summed E-state index contributed by atoms with van der Waals surface area (Å²) >= 11 is 0. The first kappa shape index (κ1) is 30.2. The fourth-order valence-electron chi connectivity index (χ4n) is 7.53. The third-order valence-electron chi connectivity index (χ3n) is 9.89. The molecule has 0 fully saturated rings. The van der Waals surface area contributed by atoms with Crippen LogP contribution in [0.3, 0.4) is 0 Å². The SMILES string of the molecule is OCc1cc(Oc2ccc3ccccc3c2-c2c(Oc3cc(CO)c4oc5ccccc5c4c3)ccc3ccccc23)cc2c1oc1ccccc12. The highest BCUT2D eigenvalue weighted by Gasteiger charge is 2.22. The second-order valence-corrected chi connectivity index (χ2v) is 13.0. The largest absolute Gasteiger partial charge is 0.457 e. The molecule has 6 nitrogen and oxygen atoms in total. The van der Waals surface area contributed by atoms with E-state index in [9.17, 15) is 10.2 Å². The van der Waals surface area contributed by atoms with Gasteiger partial charge in [-0.15, -0.1) is 0 Å². The summed E-state index contributed by atoms with van der Waals surface area (Å²) in [6, 6.07) is 47.9. The van der Waals surface area contributed by atoms with Crippen molar-refractivity contribution in [1.29, 1.82) is 0 Å². The van der Waals surface area contributed by atoms with Crippen molar-refractivity contribution in [3.63, 3.8) is 0 Å². The van der Waals surface area contributed by atoms with Crippen molar-refractivity contribution in [2.75, 3.05) is 0 Å². The minimum Gasteiger partial charge on any atom is -0.457 e. The number of aliphatic hydroxyl groups is 2. The van der Waals surface area contributed by atoms with Crippen LogP contribution in [0.15, 0.2) is 154 Å².